The fraction of sp³-hybridized carbons (Fsp3) is 0.476. The molecule has 0 aliphatic carbocycles. The molecule has 27 heavy (non-hydrogen) atoms. The van der Waals surface area contributed by atoms with Gasteiger partial charge in [0, 0.05) is 38.5 Å². The molecule has 146 valence electrons. The van der Waals surface area contributed by atoms with Gasteiger partial charge in [-0.3, -0.25) is 0 Å². The van der Waals surface area contributed by atoms with Gasteiger partial charge in [-0.15, -0.1) is 0 Å². The Hall–Kier alpha value is -2.05. The van der Waals surface area contributed by atoms with Crippen LogP contribution in [0.25, 0.3) is 0 Å². The molecule has 3 N–H and O–H groups in total. The number of guanidine groups is 1. The van der Waals surface area contributed by atoms with Crippen molar-refractivity contribution in [2.24, 2.45) is 10.9 Å². The maximum absolute atomic E-state index is 9.28. The Labute approximate surface area is 166 Å². The highest BCUT2D eigenvalue weighted by molar-refractivity contribution is 7.07. The van der Waals surface area contributed by atoms with Gasteiger partial charge < -0.3 is 20.6 Å². The Kier molecular flexibility index (Phi) is 7.54. The highest BCUT2D eigenvalue weighted by atomic mass is 32.1. The number of hydrogen-bond donors (Lipinski definition) is 3. The second-order valence-electron chi connectivity index (χ2n) is 6.96. The largest absolute Gasteiger partial charge is 0.396 e. The van der Waals surface area contributed by atoms with Gasteiger partial charge in [0.2, 0.25) is 0 Å². The number of nitrogens with one attached hydrogen (secondary N) is 2. The summed E-state index contributed by atoms with van der Waals surface area (Å²) in [5.41, 5.74) is 3.75. The van der Waals surface area contributed by atoms with Crippen LogP contribution in [-0.4, -0.2) is 37.3 Å². The van der Waals surface area contributed by atoms with E-state index in [0.29, 0.717) is 19.1 Å². The normalized spacial score (nSPS) is 15.8. The lowest BCUT2D eigenvalue weighted by Crippen LogP contribution is -2.36. The Balaban J connectivity index is 1.51. The Morgan fingerprint density at radius 3 is 2.56 bits per heavy atom. The van der Waals surface area contributed by atoms with Crippen molar-refractivity contribution >= 4 is 23.0 Å². The number of anilines is 1. The molecule has 0 saturated carbocycles. The summed E-state index contributed by atoms with van der Waals surface area (Å²) in [7, 11) is 0. The van der Waals surface area contributed by atoms with Gasteiger partial charge in [-0.25, -0.2) is 4.99 Å². The van der Waals surface area contributed by atoms with Crippen molar-refractivity contribution in [2.45, 2.75) is 32.9 Å². The van der Waals surface area contributed by atoms with Crippen molar-refractivity contribution in [2.75, 3.05) is 31.1 Å². The van der Waals surface area contributed by atoms with E-state index >= 15 is 0 Å². The summed E-state index contributed by atoms with van der Waals surface area (Å²) in [4.78, 5) is 7.06. The zero-order valence-electron chi connectivity index (χ0n) is 16.0. The molecule has 2 heterocycles. The van der Waals surface area contributed by atoms with E-state index < -0.39 is 0 Å². The predicted octanol–water partition coefficient (Wildman–Crippen LogP) is 3.21. The van der Waals surface area contributed by atoms with Crippen LogP contribution in [0.15, 0.2) is 46.1 Å². The summed E-state index contributed by atoms with van der Waals surface area (Å²) in [6.45, 7) is 6.75. The van der Waals surface area contributed by atoms with Gasteiger partial charge in [-0.1, -0.05) is 12.1 Å². The van der Waals surface area contributed by atoms with Crippen LogP contribution in [0.5, 0.6) is 0 Å². The molecule has 1 aromatic heterocycles. The van der Waals surface area contributed by atoms with Crippen LogP contribution in [0.2, 0.25) is 0 Å². The van der Waals surface area contributed by atoms with Crippen LogP contribution in [-0.2, 0) is 13.1 Å². The molecule has 0 bridgehead atoms. The highest BCUT2D eigenvalue weighted by Gasteiger charge is 2.18. The van der Waals surface area contributed by atoms with Crippen molar-refractivity contribution in [1.29, 1.82) is 0 Å². The molecule has 1 fully saturated rings. The number of hydrogen-bond acceptors (Lipinski definition) is 4. The van der Waals surface area contributed by atoms with Crippen molar-refractivity contribution < 1.29 is 5.11 Å². The smallest absolute Gasteiger partial charge is 0.191 e. The third-order valence-corrected chi connectivity index (χ3v) is 5.71. The molecule has 0 unspecified atom stereocenters. The second-order valence-corrected chi connectivity index (χ2v) is 7.74. The first kappa shape index (κ1) is 19.7. The van der Waals surface area contributed by atoms with E-state index in [-0.39, 0.29) is 0 Å². The summed E-state index contributed by atoms with van der Waals surface area (Å²) in [6, 6.07) is 10.9. The van der Waals surface area contributed by atoms with E-state index in [1.165, 1.54) is 16.8 Å². The summed E-state index contributed by atoms with van der Waals surface area (Å²) in [6.07, 6.45) is 2.15. The maximum Gasteiger partial charge on any atom is 0.191 e. The van der Waals surface area contributed by atoms with Crippen LogP contribution in [0.1, 0.15) is 30.9 Å². The summed E-state index contributed by atoms with van der Waals surface area (Å²) in [5.74, 6) is 1.32. The number of thiophene rings is 1. The van der Waals surface area contributed by atoms with Crippen LogP contribution >= 0.6 is 11.3 Å². The molecule has 0 radical (unpaired) electrons. The first-order chi connectivity index (χ1) is 13.3. The van der Waals surface area contributed by atoms with Gasteiger partial charge >= 0.3 is 0 Å². The van der Waals surface area contributed by atoms with Crippen molar-refractivity contribution in [1.82, 2.24) is 10.6 Å². The van der Waals surface area contributed by atoms with Crippen molar-refractivity contribution in [3.8, 4) is 0 Å². The third-order valence-electron chi connectivity index (χ3n) is 4.98. The predicted molar refractivity (Wildman–Crippen MR) is 114 cm³/mol. The molecule has 0 atom stereocenters. The number of aliphatic imine (C=N–C) groups is 1. The molecule has 1 saturated heterocycles. The second kappa shape index (κ2) is 10.3. The van der Waals surface area contributed by atoms with Gasteiger partial charge in [0.05, 0.1) is 6.54 Å². The average molecular weight is 387 g/mol. The van der Waals surface area contributed by atoms with E-state index in [9.17, 15) is 5.11 Å². The highest BCUT2D eigenvalue weighted by Crippen LogP contribution is 2.23. The van der Waals surface area contributed by atoms with Crippen LogP contribution in [0.4, 0.5) is 5.69 Å². The van der Waals surface area contributed by atoms with Gasteiger partial charge in [0.25, 0.3) is 0 Å². The standard InChI is InChI=1S/C21H30N4OS/c1-2-22-21(24-14-19-9-12-27-16-19)23-13-17-3-5-20(6-4-17)25-10-7-18(15-26)8-11-25/h3-6,9,12,16,18,26H,2,7-8,10-11,13-15H2,1H3,(H2,22,23,24). The molecule has 6 heteroatoms. The lowest BCUT2D eigenvalue weighted by molar-refractivity contribution is 0.203. The minimum atomic E-state index is 0.320. The number of benzene rings is 1. The Morgan fingerprint density at radius 2 is 1.93 bits per heavy atom. The summed E-state index contributed by atoms with van der Waals surface area (Å²) >= 11 is 1.70. The van der Waals surface area contributed by atoms with Crippen LogP contribution < -0.4 is 15.5 Å². The lowest BCUT2D eigenvalue weighted by Gasteiger charge is -2.33. The Morgan fingerprint density at radius 1 is 1.15 bits per heavy atom. The average Bonchev–Trinajstić information content (AvgIpc) is 3.24. The van der Waals surface area contributed by atoms with E-state index in [1.807, 2.05) is 0 Å². The fourth-order valence-corrected chi connectivity index (χ4v) is 3.94. The molecule has 3 rings (SSSR count). The van der Waals surface area contributed by atoms with Crippen LogP contribution in [0.3, 0.4) is 0 Å². The fourth-order valence-electron chi connectivity index (χ4n) is 3.28. The summed E-state index contributed by atoms with van der Waals surface area (Å²) in [5, 5.41) is 20.2. The molecule has 1 aliphatic heterocycles. The molecular weight excluding hydrogens is 356 g/mol. The SMILES string of the molecule is CCNC(=NCc1ccsc1)NCc1ccc(N2CCC(CO)CC2)cc1. The van der Waals surface area contributed by atoms with Gasteiger partial charge in [0.15, 0.2) is 5.96 Å². The minimum Gasteiger partial charge on any atom is -0.396 e. The molecule has 0 amide bonds. The van der Waals surface area contributed by atoms with Gasteiger partial charge in [-0.05, 0) is 65.8 Å². The topological polar surface area (TPSA) is 59.9 Å². The monoisotopic (exact) mass is 386 g/mol. The van der Waals surface area contributed by atoms with Gasteiger partial charge in [-0.2, -0.15) is 11.3 Å². The van der Waals surface area contributed by atoms with E-state index in [0.717, 1.165) is 45.0 Å². The first-order valence-electron chi connectivity index (χ1n) is 9.76. The Bertz CT molecular complexity index is 691. The third kappa shape index (κ3) is 5.97. The van der Waals surface area contributed by atoms with E-state index in [4.69, 9.17) is 0 Å². The zero-order chi connectivity index (χ0) is 18.9. The van der Waals surface area contributed by atoms with Crippen molar-refractivity contribution in [3.63, 3.8) is 0 Å². The minimum absolute atomic E-state index is 0.320. The molecule has 2 aromatic rings. The molecular formula is C21H30N4OS. The quantitative estimate of drug-likeness (QED) is 0.505. The number of aliphatic hydroxyl groups is 1. The number of rotatable bonds is 7. The van der Waals surface area contributed by atoms with Crippen molar-refractivity contribution in [3.05, 3.63) is 52.2 Å². The van der Waals surface area contributed by atoms with Crippen LogP contribution in [0, 0.1) is 5.92 Å². The van der Waals surface area contributed by atoms with E-state index in [1.54, 1.807) is 11.3 Å². The van der Waals surface area contributed by atoms with Gasteiger partial charge in [0.1, 0.15) is 0 Å². The lowest BCUT2D eigenvalue weighted by atomic mass is 9.97. The zero-order valence-corrected chi connectivity index (χ0v) is 16.8. The number of piperidine rings is 1. The first-order valence-corrected chi connectivity index (χ1v) is 10.7. The molecule has 5 nitrogen and oxygen atoms in total. The molecule has 1 aliphatic rings. The summed E-state index contributed by atoms with van der Waals surface area (Å²) < 4.78 is 0. The van der Waals surface area contributed by atoms with E-state index in [2.05, 4.69) is 68.5 Å². The number of aliphatic hydroxyl groups excluding tert-OH is 1. The molecule has 1 aromatic carbocycles. The maximum atomic E-state index is 9.28. The molecule has 0 spiro atoms. The number of nitrogens with zero attached hydrogens (tertiary/aromatic N) is 2.